The van der Waals surface area contributed by atoms with Crippen LogP contribution in [0.3, 0.4) is 0 Å². The predicted octanol–water partition coefficient (Wildman–Crippen LogP) is 4.66. The van der Waals surface area contributed by atoms with E-state index in [1.807, 2.05) is 6.07 Å². The van der Waals surface area contributed by atoms with Gasteiger partial charge in [-0.25, -0.2) is 4.98 Å². The van der Waals surface area contributed by atoms with Gasteiger partial charge in [0.25, 0.3) is 0 Å². The third kappa shape index (κ3) is 4.81. The minimum atomic E-state index is -4.70. The van der Waals surface area contributed by atoms with Crippen LogP contribution in [0.4, 0.5) is 18.9 Å². The fourth-order valence-electron chi connectivity index (χ4n) is 2.42. The molecule has 2 aromatic rings. The number of anilines is 1. The maximum atomic E-state index is 13.2. The molecule has 0 aliphatic carbocycles. The van der Waals surface area contributed by atoms with Crippen molar-refractivity contribution in [2.45, 2.75) is 36.7 Å². The van der Waals surface area contributed by atoms with Gasteiger partial charge in [-0.15, -0.1) is 0 Å². The number of nitrogens with one attached hydrogen (secondary N) is 1. The first kappa shape index (κ1) is 21.3. The van der Waals surface area contributed by atoms with Crippen LogP contribution in [0.15, 0.2) is 35.4 Å². The van der Waals surface area contributed by atoms with E-state index in [1.165, 1.54) is 13.0 Å². The molecule has 0 spiro atoms. The molecule has 9 heteroatoms. The van der Waals surface area contributed by atoms with E-state index in [2.05, 4.69) is 10.3 Å². The summed E-state index contributed by atoms with van der Waals surface area (Å²) >= 11 is 0.797. The van der Waals surface area contributed by atoms with Crippen LogP contribution in [0.5, 0.6) is 0 Å². The van der Waals surface area contributed by atoms with E-state index < -0.39 is 28.5 Å². The Balaban J connectivity index is 2.35. The number of nitrogens with zero attached hydrogens (tertiary/aromatic N) is 3. The van der Waals surface area contributed by atoms with E-state index in [1.54, 1.807) is 31.2 Å². The molecule has 0 bridgehead atoms. The smallest absolute Gasteiger partial charge is 0.324 e. The SMILES string of the molecule is CCC(Sc1nc(C)cc(C(F)(F)F)c1C#N)C(=O)Nc1ccccc1C#N. The predicted molar refractivity (Wildman–Crippen MR) is 98.4 cm³/mol. The van der Waals surface area contributed by atoms with E-state index in [0.717, 1.165) is 17.8 Å². The lowest BCUT2D eigenvalue weighted by Crippen LogP contribution is -2.25. The van der Waals surface area contributed by atoms with Crippen LogP contribution in [0.1, 0.15) is 35.7 Å². The zero-order chi connectivity index (χ0) is 20.9. The summed E-state index contributed by atoms with van der Waals surface area (Å²) in [5.74, 6) is -0.490. The highest BCUT2D eigenvalue weighted by Crippen LogP contribution is 2.37. The first-order chi connectivity index (χ1) is 13.2. The third-order valence-corrected chi connectivity index (χ3v) is 5.10. The van der Waals surface area contributed by atoms with Gasteiger partial charge in [0.1, 0.15) is 17.2 Å². The minimum Gasteiger partial charge on any atom is -0.324 e. The van der Waals surface area contributed by atoms with Crippen molar-refractivity contribution >= 4 is 23.4 Å². The standard InChI is InChI=1S/C19H15F3N4OS/c1-3-16(17(27)26-15-7-5-4-6-12(15)9-23)28-18-13(10-24)14(19(20,21)22)8-11(2)25-18/h4-8,16H,3H2,1-2H3,(H,26,27). The van der Waals surface area contributed by atoms with Crippen molar-refractivity contribution in [3.8, 4) is 12.1 Å². The number of carbonyl (C=O) groups is 1. The Morgan fingerprint density at radius 1 is 1.29 bits per heavy atom. The van der Waals surface area contributed by atoms with Crippen LogP contribution < -0.4 is 5.32 Å². The lowest BCUT2D eigenvalue weighted by atomic mass is 10.1. The molecule has 5 nitrogen and oxygen atoms in total. The van der Waals surface area contributed by atoms with Crippen molar-refractivity contribution in [1.82, 2.24) is 4.98 Å². The van der Waals surface area contributed by atoms with Crippen LogP contribution in [0.2, 0.25) is 0 Å². The number of alkyl halides is 3. The second-order valence-corrected chi connectivity index (χ2v) is 6.95. The Labute approximate surface area is 164 Å². The Hall–Kier alpha value is -3.04. The molecule has 28 heavy (non-hydrogen) atoms. The summed E-state index contributed by atoms with van der Waals surface area (Å²) in [5.41, 5.74) is -1.01. The molecule has 1 unspecified atom stereocenters. The summed E-state index contributed by atoms with van der Waals surface area (Å²) in [6.07, 6.45) is -4.42. The third-order valence-electron chi connectivity index (χ3n) is 3.75. The van der Waals surface area contributed by atoms with Crippen molar-refractivity contribution in [3.05, 3.63) is 52.7 Å². The number of carbonyl (C=O) groups excluding carboxylic acids is 1. The molecule has 1 N–H and O–H groups in total. The number of hydrogen-bond acceptors (Lipinski definition) is 5. The van der Waals surface area contributed by atoms with Gasteiger partial charge in [-0.05, 0) is 31.5 Å². The second kappa shape index (κ2) is 8.77. The van der Waals surface area contributed by atoms with Crippen LogP contribution >= 0.6 is 11.8 Å². The topological polar surface area (TPSA) is 89.6 Å². The van der Waals surface area contributed by atoms with Crippen LogP contribution in [-0.2, 0) is 11.0 Å². The normalized spacial score (nSPS) is 12.0. The molecule has 0 aliphatic heterocycles. The number of rotatable bonds is 5. The first-order valence-corrected chi connectivity index (χ1v) is 9.04. The molecule has 1 heterocycles. The van der Waals surface area contributed by atoms with Crippen LogP contribution in [0, 0.1) is 29.6 Å². The highest BCUT2D eigenvalue weighted by molar-refractivity contribution is 8.00. The maximum Gasteiger partial charge on any atom is 0.417 e. The fourth-order valence-corrected chi connectivity index (χ4v) is 3.49. The Bertz CT molecular complexity index is 977. The number of pyridine rings is 1. The number of nitriles is 2. The van der Waals surface area contributed by atoms with Gasteiger partial charge in [-0.3, -0.25) is 4.79 Å². The number of benzene rings is 1. The summed E-state index contributed by atoms with van der Waals surface area (Å²) in [6.45, 7) is 3.09. The van der Waals surface area contributed by atoms with E-state index in [-0.39, 0.29) is 22.7 Å². The molecule has 1 amide bonds. The Kier molecular flexibility index (Phi) is 6.66. The van der Waals surface area contributed by atoms with Gasteiger partial charge in [-0.2, -0.15) is 23.7 Å². The number of amides is 1. The summed E-state index contributed by atoms with van der Waals surface area (Å²) in [5, 5.41) is 20.0. The highest BCUT2D eigenvalue weighted by atomic mass is 32.2. The van der Waals surface area contributed by atoms with Gasteiger partial charge in [0.15, 0.2) is 0 Å². The van der Waals surface area contributed by atoms with Crippen molar-refractivity contribution in [2.75, 3.05) is 5.32 Å². The second-order valence-electron chi connectivity index (χ2n) is 5.76. The van der Waals surface area contributed by atoms with Crippen molar-refractivity contribution in [1.29, 1.82) is 10.5 Å². The lowest BCUT2D eigenvalue weighted by molar-refractivity contribution is -0.138. The molecule has 1 aromatic heterocycles. The zero-order valence-corrected chi connectivity index (χ0v) is 15.8. The molecule has 0 fully saturated rings. The number of para-hydroxylation sites is 1. The van der Waals surface area contributed by atoms with Crippen molar-refractivity contribution < 1.29 is 18.0 Å². The largest absolute Gasteiger partial charge is 0.417 e. The van der Waals surface area contributed by atoms with E-state index in [4.69, 9.17) is 5.26 Å². The molecular formula is C19H15F3N4OS. The molecular weight excluding hydrogens is 389 g/mol. The molecule has 1 atom stereocenters. The molecule has 0 aliphatic rings. The average molecular weight is 404 g/mol. The Morgan fingerprint density at radius 2 is 1.96 bits per heavy atom. The number of aryl methyl sites for hydroxylation is 1. The summed E-state index contributed by atoms with van der Waals surface area (Å²) in [6, 6.07) is 10.7. The van der Waals surface area contributed by atoms with Gasteiger partial charge < -0.3 is 5.32 Å². The number of aromatic nitrogens is 1. The van der Waals surface area contributed by atoms with Crippen molar-refractivity contribution in [2.24, 2.45) is 0 Å². The lowest BCUT2D eigenvalue weighted by Gasteiger charge is -2.17. The van der Waals surface area contributed by atoms with E-state index in [0.29, 0.717) is 5.69 Å². The molecule has 0 saturated heterocycles. The summed E-state index contributed by atoms with van der Waals surface area (Å²) < 4.78 is 39.7. The summed E-state index contributed by atoms with van der Waals surface area (Å²) in [7, 11) is 0. The maximum absolute atomic E-state index is 13.2. The van der Waals surface area contributed by atoms with Gasteiger partial charge in [0.05, 0.1) is 27.6 Å². The molecule has 0 radical (unpaired) electrons. The molecule has 0 saturated carbocycles. The molecule has 2 rings (SSSR count). The average Bonchev–Trinajstić information content (AvgIpc) is 2.65. The van der Waals surface area contributed by atoms with Crippen LogP contribution in [-0.4, -0.2) is 16.1 Å². The van der Waals surface area contributed by atoms with Gasteiger partial charge in [-0.1, -0.05) is 30.8 Å². The fraction of sp³-hybridized carbons (Fsp3) is 0.263. The summed E-state index contributed by atoms with van der Waals surface area (Å²) in [4.78, 5) is 16.6. The number of halogens is 3. The minimum absolute atomic E-state index is 0.0962. The number of hydrogen-bond donors (Lipinski definition) is 1. The van der Waals surface area contributed by atoms with Gasteiger partial charge >= 0.3 is 6.18 Å². The quantitative estimate of drug-likeness (QED) is 0.732. The van der Waals surface area contributed by atoms with Gasteiger partial charge in [0, 0.05) is 5.69 Å². The molecule has 144 valence electrons. The zero-order valence-electron chi connectivity index (χ0n) is 15.0. The van der Waals surface area contributed by atoms with Gasteiger partial charge in [0.2, 0.25) is 5.91 Å². The van der Waals surface area contributed by atoms with Crippen molar-refractivity contribution in [3.63, 3.8) is 0 Å². The highest BCUT2D eigenvalue weighted by Gasteiger charge is 2.36. The first-order valence-electron chi connectivity index (χ1n) is 8.16. The van der Waals surface area contributed by atoms with Crippen LogP contribution in [0.25, 0.3) is 0 Å². The van der Waals surface area contributed by atoms with E-state index in [9.17, 15) is 23.2 Å². The van der Waals surface area contributed by atoms with E-state index >= 15 is 0 Å². The monoisotopic (exact) mass is 404 g/mol. The molecule has 1 aromatic carbocycles. The number of thioether (sulfide) groups is 1. The Morgan fingerprint density at radius 3 is 2.54 bits per heavy atom.